The van der Waals surface area contributed by atoms with Crippen LogP contribution < -0.4 is 14.4 Å². The summed E-state index contributed by atoms with van der Waals surface area (Å²) in [5.41, 5.74) is 1.93. The lowest BCUT2D eigenvalue weighted by Gasteiger charge is -2.34. The second kappa shape index (κ2) is 17.0. The van der Waals surface area contributed by atoms with Crippen molar-refractivity contribution in [3.8, 4) is 5.75 Å². The smallest absolute Gasteiger partial charge is 0.264 e. The number of amides is 2. The molecule has 0 heterocycles. The van der Waals surface area contributed by atoms with Crippen molar-refractivity contribution >= 4 is 39.3 Å². The van der Waals surface area contributed by atoms with E-state index in [1.54, 1.807) is 48.5 Å². The van der Waals surface area contributed by atoms with Gasteiger partial charge in [0, 0.05) is 24.4 Å². The summed E-state index contributed by atoms with van der Waals surface area (Å²) in [7, 11) is -4.25. The van der Waals surface area contributed by atoms with E-state index in [0.717, 1.165) is 20.3 Å². The zero-order chi connectivity index (χ0) is 33.8. The number of carbonyl (C=O) groups excluding carboxylic acids is 2. The summed E-state index contributed by atoms with van der Waals surface area (Å²) in [5, 5.41) is 3.01. The molecule has 0 aliphatic carbocycles. The van der Waals surface area contributed by atoms with E-state index in [0.29, 0.717) is 18.9 Å². The maximum absolute atomic E-state index is 14.6. The van der Waals surface area contributed by atoms with Crippen LogP contribution in [0.4, 0.5) is 5.69 Å². The Labute approximate surface area is 283 Å². The van der Waals surface area contributed by atoms with Gasteiger partial charge in [-0.15, -0.1) is 11.8 Å². The number of nitrogens with zero attached hydrogens (tertiary/aromatic N) is 2. The molecule has 0 aliphatic heterocycles. The monoisotopic (exact) mass is 673 g/mol. The van der Waals surface area contributed by atoms with Crippen molar-refractivity contribution in [2.75, 3.05) is 30.3 Å². The number of ether oxygens (including phenoxy) is 1. The van der Waals surface area contributed by atoms with Crippen LogP contribution >= 0.6 is 11.8 Å². The van der Waals surface area contributed by atoms with Crippen molar-refractivity contribution in [1.82, 2.24) is 10.2 Å². The van der Waals surface area contributed by atoms with Crippen LogP contribution in [0.2, 0.25) is 0 Å². The molecule has 0 fully saturated rings. The number of thioether (sulfide) groups is 1. The van der Waals surface area contributed by atoms with Gasteiger partial charge in [-0.2, -0.15) is 0 Å². The summed E-state index contributed by atoms with van der Waals surface area (Å²) in [6.45, 7) is 6.12. The van der Waals surface area contributed by atoms with Crippen molar-refractivity contribution in [1.29, 1.82) is 0 Å². The highest BCUT2D eigenvalue weighted by molar-refractivity contribution is 7.98. The molecule has 248 valence electrons. The number of sulfonamides is 1. The molecule has 1 N–H and O–H groups in total. The Balaban J connectivity index is 1.82. The minimum Gasteiger partial charge on any atom is -0.492 e. The van der Waals surface area contributed by atoms with Crippen molar-refractivity contribution in [2.45, 2.75) is 49.6 Å². The fourth-order valence-corrected chi connectivity index (χ4v) is 6.92. The van der Waals surface area contributed by atoms with Gasteiger partial charge in [0.2, 0.25) is 11.8 Å². The van der Waals surface area contributed by atoms with Crippen LogP contribution in [0, 0.1) is 5.92 Å². The van der Waals surface area contributed by atoms with Crippen LogP contribution in [-0.2, 0) is 32.6 Å². The van der Waals surface area contributed by atoms with Gasteiger partial charge in [-0.1, -0.05) is 86.6 Å². The van der Waals surface area contributed by atoms with Gasteiger partial charge < -0.3 is 15.0 Å². The molecule has 0 saturated carbocycles. The summed E-state index contributed by atoms with van der Waals surface area (Å²) < 4.78 is 35.7. The quantitative estimate of drug-likeness (QED) is 0.138. The highest BCUT2D eigenvalue weighted by Crippen LogP contribution is 2.33. The van der Waals surface area contributed by atoms with Crippen LogP contribution in [0.1, 0.15) is 31.9 Å². The minimum absolute atomic E-state index is 0.0412. The zero-order valence-corrected chi connectivity index (χ0v) is 29.0. The summed E-state index contributed by atoms with van der Waals surface area (Å²) in [6, 6.07) is 31.3. The molecule has 4 rings (SSSR count). The molecule has 0 spiro atoms. The van der Waals surface area contributed by atoms with Crippen molar-refractivity contribution in [3.05, 3.63) is 120 Å². The summed E-state index contributed by atoms with van der Waals surface area (Å²) in [5.74, 6) is -0.297. The first kappa shape index (κ1) is 35.6. The Kier molecular flexibility index (Phi) is 12.9. The molecule has 47 heavy (non-hydrogen) atoms. The van der Waals surface area contributed by atoms with Gasteiger partial charge in [0.15, 0.2) is 0 Å². The second-order valence-electron chi connectivity index (χ2n) is 11.4. The van der Waals surface area contributed by atoms with Crippen LogP contribution in [0.3, 0.4) is 0 Å². The van der Waals surface area contributed by atoms with E-state index in [1.807, 2.05) is 87.7 Å². The number of rotatable bonds is 16. The van der Waals surface area contributed by atoms with E-state index in [1.165, 1.54) is 16.7 Å². The lowest BCUT2D eigenvalue weighted by Crippen LogP contribution is -2.53. The molecule has 8 nitrogen and oxygen atoms in total. The summed E-state index contributed by atoms with van der Waals surface area (Å²) in [4.78, 5) is 31.0. The standard InChI is InChI=1S/C37H43N3O5S2/c1-5-45-35-19-13-12-18-33(35)40(47(43,44)32-22-20-31(46-4)21-23-32)27-36(41)39(26-30-16-10-7-11-17-30)34(37(42)38-25-28(2)3)24-29-14-8-6-9-15-29/h6-23,28,34H,5,24-27H2,1-4H3,(H,38,42)/t34-/m0/s1. The maximum Gasteiger partial charge on any atom is 0.264 e. The predicted octanol–water partition coefficient (Wildman–Crippen LogP) is 6.41. The van der Waals surface area contributed by atoms with Gasteiger partial charge in [0.1, 0.15) is 18.3 Å². The summed E-state index contributed by atoms with van der Waals surface area (Å²) in [6.07, 6.45) is 2.17. The van der Waals surface area contributed by atoms with Gasteiger partial charge in [-0.25, -0.2) is 8.42 Å². The number of carbonyl (C=O) groups is 2. The molecular formula is C37H43N3O5S2. The Morgan fingerprint density at radius 3 is 2.02 bits per heavy atom. The Bertz CT molecular complexity index is 1700. The molecule has 0 saturated heterocycles. The molecule has 0 unspecified atom stereocenters. The maximum atomic E-state index is 14.6. The molecule has 4 aromatic rings. The molecule has 0 radical (unpaired) electrons. The first-order valence-corrected chi connectivity index (χ1v) is 18.3. The average molecular weight is 674 g/mol. The number of hydrogen-bond donors (Lipinski definition) is 1. The third kappa shape index (κ3) is 9.62. The number of anilines is 1. The molecule has 0 aliphatic rings. The van der Waals surface area contributed by atoms with Crippen molar-refractivity contribution in [2.24, 2.45) is 5.92 Å². The van der Waals surface area contributed by atoms with Crippen LogP contribution in [0.15, 0.2) is 119 Å². The number of nitrogens with one attached hydrogen (secondary N) is 1. The van der Waals surface area contributed by atoms with Gasteiger partial charge in [0.05, 0.1) is 17.2 Å². The van der Waals surface area contributed by atoms with Crippen LogP contribution in [0.5, 0.6) is 5.75 Å². The SMILES string of the molecule is CCOc1ccccc1N(CC(=O)N(Cc1ccccc1)[C@@H](Cc1ccccc1)C(=O)NCC(C)C)S(=O)(=O)c1ccc(SC)cc1. The molecule has 4 aromatic carbocycles. The van der Waals surface area contributed by atoms with E-state index < -0.39 is 28.5 Å². The van der Waals surface area contributed by atoms with Crippen LogP contribution in [-0.4, -0.2) is 57.1 Å². The number of benzene rings is 4. The molecule has 0 aromatic heterocycles. The minimum atomic E-state index is -4.25. The van der Waals surface area contributed by atoms with E-state index in [9.17, 15) is 18.0 Å². The Morgan fingerprint density at radius 1 is 0.830 bits per heavy atom. The average Bonchev–Trinajstić information content (AvgIpc) is 3.09. The Morgan fingerprint density at radius 2 is 1.43 bits per heavy atom. The van der Waals surface area contributed by atoms with E-state index in [2.05, 4.69) is 5.32 Å². The highest BCUT2D eigenvalue weighted by atomic mass is 32.2. The molecule has 10 heteroatoms. The van der Waals surface area contributed by atoms with Gasteiger partial charge in [0.25, 0.3) is 10.0 Å². The lowest BCUT2D eigenvalue weighted by atomic mass is 10.0. The van der Waals surface area contributed by atoms with Crippen molar-refractivity contribution in [3.63, 3.8) is 0 Å². The molecule has 1 atom stereocenters. The third-order valence-electron chi connectivity index (χ3n) is 7.51. The largest absolute Gasteiger partial charge is 0.492 e. The van der Waals surface area contributed by atoms with Gasteiger partial charge >= 0.3 is 0 Å². The van der Waals surface area contributed by atoms with E-state index in [4.69, 9.17) is 4.74 Å². The normalized spacial score (nSPS) is 11.9. The second-order valence-corrected chi connectivity index (χ2v) is 14.2. The predicted molar refractivity (Wildman–Crippen MR) is 189 cm³/mol. The van der Waals surface area contributed by atoms with E-state index >= 15 is 0 Å². The Hall–Kier alpha value is -4.28. The van der Waals surface area contributed by atoms with Gasteiger partial charge in [-0.3, -0.25) is 13.9 Å². The third-order valence-corrected chi connectivity index (χ3v) is 10.0. The van der Waals surface area contributed by atoms with Crippen molar-refractivity contribution < 1.29 is 22.7 Å². The first-order chi connectivity index (χ1) is 22.6. The fraction of sp³-hybridized carbons (Fsp3) is 0.297. The topological polar surface area (TPSA) is 96.0 Å². The van der Waals surface area contributed by atoms with Crippen LogP contribution in [0.25, 0.3) is 0 Å². The molecule has 0 bridgehead atoms. The van der Waals surface area contributed by atoms with Gasteiger partial charge in [-0.05, 0) is 66.6 Å². The van der Waals surface area contributed by atoms with E-state index in [-0.39, 0.29) is 35.4 Å². The first-order valence-electron chi connectivity index (χ1n) is 15.7. The lowest BCUT2D eigenvalue weighted by molar-refractivity contribution is -0.140. The molecule has 2 amide bonds. The number of hydrogen-bond acceptors (Lipinski definition) is 6. The fourth-order valence-electron chi connectivity index (χ4n) is 5.09. The highest BCUT2D eigenvalue weighted by Gasteiger charge is 2.35. The summed E-state index contributed by atoms with van der Waals surface area (Å²) >= 11 is 1.50. The molecular weight excluding hydrogens is 631 g/mol. The number of para-hydroxylation sites is 2. The zero-order valence-electron chi connectivity index (χ0n) is 27.3.